The average molecular weight is 331 g/mol. The molecule has 1 atom stereocenters. The summed E-state index contributed by atoms with van der Waals surface area (Å²) in [4.78, 5) is 18.1. The first-order valence-corrected chi connectivity index (χ1v) is 8.58. The van der Waals surface area contributed by atoms with Gasteiger partial charge in [-0.1, -0.05) is 6.07 Å². The van der Waals surface area contributed by atoms with Crippen LogP contribution in [0, 0.1) is 6.92 Å². The Bertz CT molecular complexity index is 587. The molecule has 1 aromatic rings. The third-order valence-corrected chi connectivity index (χ3v) is 4.20. The van der Waals surface area contributed by atoms with Gasteiger partial charge in [0.05, 0.1) is 6.54 Å². The third kappa shape index (κ3) is 5.15. The van der Waals surface area contributed by atoms with Gasteiger partial charge in [0.25, 0.3) is 0 Å². The minimum absolute atomic E-state index is 0.131. The lowest BCUT2D eigenvalue weighted by molar-refractivity contribution is -0.122. The van der Waals surface area contributed by atoms with Crippen molar-refractivity contribution in [2.45, 2.75) is 39.3 Å². The summed E-state index contributed by atoms with van der Waals surface area (Å²) >= 11 is 0. The topological polar surface area (TPSA) is 68.8 Å². The number of aliphatic imine (C=N–C) groups is 1. The Morgan fingerprint density at radius 1 is 1.42 bits per heavy atom. The molecule has 6 nitrogen and oxygen atoms in total. The summed E-state index contributed by atoms with van der Waals surface area (Å²) in [5.74, 6) is 0.932. The van der Waals surface area contributed by atoms with Crippen LogP contribution < -0.4 is 20.9 Å². The Hall–Kier alpha value is -2.24. The molecule has 1 heterocycles. The molecule has 0 aliphatic carbocycles. The summed E-state index contributed by atoms with van der Waals surface area (Å²) < 4.78 is 0. The maximum Gasteiger partial charge on any atom is 0.220 e. The van der Waals surface area contributed by atoms with Crippen LogP contribution in [-0.2, 0) is 11.3 Å². The van der Waals surface area contributed by atoms with E-state index >= 15 is 0 Å². The fraction of sp³-hybridized carbons (Fsp3) is 0.556. The van der Waals surface area contributed by atoms with E-state index in [0.717, 1.165) is 18.9 Å². The minimum Gasteiger partial charge on any atom is -0.378 e. The van der Waals surface area contributed by atoms with Crippen molar-refractivity contribution in [2.75, 3.05) is 32.1 Å². The number of nitrogens with zero attached hydrogens (tertiary/aromatic N) is 2. The van der Waals surface area contributed by atoms with Gasteiger partial charge in [-0.15, -0.1) is 0 Å². The molecular formula is C18H29N5O. The standard InChI is InChI=1S/C18H29N5O/c1-5-19-18(22-15-7-9-17(24)20-12-15)21-11-14-6-8-16(23(3)4)10-13(14)2/h6,8,10,15H,5,7,9,11-12H2,1-4H3,(H,20,24)(H2,19,21,22). The molecule has 1 aliphatic rings. The van der Waals surface area contributed by atoms with Crippen molar-refractivity contribution in [3.05, 3.63) is 29.3 Å². The molecule has 3 N–H and O–H groups in total. The molecule has 1 aliphatic heterocycles. The molecule has 0 radical (unpaired) electrons. The average Bonchev–Trinajstić information content (AvgIpc) is 2.55. The number of carbonyl (C=O) groups excluding carboxylic acids is 1. The van der Waals surface area contributed by atoms with E-state index in [2.05, 4.69) is 52.9 Å². The van der Waals surface area contributed by atoms with E-state index in [0.29, 0.717) is 19.5 Å². The van der Waals surface area contributed by atoms with E-state index in [-0.39, 0.29) is 11.9 Å². The summed E-state index contributed by atoms with van der Waals surface area (Å²) in [6.07, 6.45) is 1.41. The summed E-state index contributed by atoms with van der Waals surface area (Å²) in [6, 6.07) is 6.67. The number of anilines is 1. The van der Waals surface area contributed by atoms with Crippen LogP contribution in [0.4, 0.5) is 5.69 Å². The first-order valence-electron chi connectivity index (χ1n) is 8.58. The molecule has 2 rings (SSSR count). The fourth-order valence-corrected chi connectivity index (χ4v) is 2.67. The van der Waals surface area contributed by atoms with Gasteiger partial charge in [-0.25, -0.2) is 4.99 Å². The van der Waals surface area contributed by atoms with Crippen molar-refractivity contribution >= 4 is 17.6 Å². The van der Waals surface area contributed by atoms with Crippen molar-refractivity contribution < 1.29 is 4.79 Å². The van der Waals surface area contributed by atoms with Gasteiger partial charge in [-0.05, 0) is 43.5 Å². The minimum atomic E-state index is 0.131. The van der Waals surface area contributed by atoms with Gasteiger partial charge < -0.3 is 20.9 Å². The van der Waals surface area contributed by atoms with Crippen molar-refractivity contribution in [1.82, 2.24) is 16.0 Å². The Morgan fingerprint density at radius 2 is 2.21 bits per heavy atom. The van der Waals surface area contributed by atoms with Gasteiger partial charge in [0, 0.05) is 45.3 Å². The van der Waals surface area contributed by atoms with E-state index in [1.54, 1.807) is 0 Å². The van der Waals surface area contributed by atoms with E-state index in [1.165, 1.54) is 16.8 Å². The summed E-state index contributed by atoms with van der Waals surface area (Å²) in [7, 11) is 4.09. The van der Waals surface area contributed by atoms with Crippen LogP contribution in [0.3, 0.4) is 0 Å². The lowest BCUT2D eigenvalue weighted by Gasteiger charge is -2.25. The first-order chi connectivity index (χ1) is 11.5. The lowest BCUT2D eigenvalue weighted by atomic mass is 10.1. The number of aryl methyl sites for hydroxylation is 1. The van der Waals surface area contributed by atoms with Crippen LogP contribution in [0.5, 0.6) is 0 Å². The maximum absolute atomic E-state index is 11.3. The number of rotatable bonds is 5. The Morgan fingerprint density at radius 3 is 2.79 bits per heavy atom. The predicted molar refractivity (Wildman–Crippen MR) is 99.5 cm³/mol. The van der Waals surface area contributed by atoms with Gasteiger partial charge in [0.15, 0.2) is 5.96 Å². The number of guanidine groups is 1. The third-order valence-electron chi connectivity index (χ3n) is 4.20. The molecule has 1 saturated heterocycles. The SMILES string of the molecule is CCNC(=NCc1ccc(N(C)C)cc1C)NC1CCC(=O)NC1. The largest absolute Gasteiger partial charge is 0.378 e. The number of hydrogen-bond donors (Lipinski definition) is 3. The highest BCUT2D eigenvalue weighted by Gasteiger charge is 2.18. The summed E-state index contributed by atoms with van der Waals surface area (Å²) in [6.45, 7) is 6.27. The maximum atomic E-state index is 11.3. The summed E-state index contributed by atoms with van der Waals surface area (Å²) in [5, 5.41) is 9.58. The zero-order valence-corrected chi connectivity index (χ0v) is 15.1. The second-order valence-corrected chi connectivity index (χ2v) is 6.38. The monoisotopic (exact) mass is 331 g/mol. The van der Waals surface area contributed by atoms with Crippen LogP contribution >= 0.6 is 0 Å². The second-order valence-electron chi connectivity index (χ2n) is 6.38. The molecule has 1 amide bonds. The lowest BCUT2D eigenvalue weighted by Crippen LogP contribution is -2.51. The zero-order chi connectivity index (χ0) is 17.5. The van der Waals surface area contributed by atoms with E-state index in [9.17, 15) is 4.79 Å². The molecule has 0 bridgehead atoms. The second kappa shape index (κ2) is 8.57. The van der Waals surface area contributed by atoms with Crippen molar-refractivity contribution in [1.29, 1.82) is 0 Å². The normalized spacial score (nSPS) is 18.1. The van der Waals surface area contributed by atoms with E-state index in [1.807, 2.05) is 14.1 Å². The molecular weight excluding hydrogens is 302 g/mol. The highest BCUT2D eigenvalue weighted by atomic mass is 16.1. The molecule has 0 saturated carbocycles. The van der Waals surface area contributed by atoms with Crippen molar-refractivity contribution in [2.24, 2.45) is 4.99 Å². The number of benzene rings is 1. The van der Waals surface area contributed by atoms with Crippen LogP contribution in [0.25, 0.3) is 0 Å². The number of carbonyl (C=O) groups is 1. The quantitative estimate of drug-likeness (QED) is 0.563. The summed E-state index contributed by atoms with van der Waals surface area (Å²) in [5.41, 5.74) is 3.66. The number of amides is 1. The number of piperidine rings is 1. The molecule has 24 heavy (non-hydrogen) atoms. The first kappa shape index (κ1) is 18.1. The van der Waals surface area contributed by atoms with Crippen LogP contribution in [0.15, 0.2) is 23.2 Å². The molecule has 1 aromatic carbocycles. The molecule has 6 heteroatoms. The van der Waals surface area contributed by atoms with Crippen molar-refractivity contribution in [3.8, 4) is 0 Å². The van der Waals surface area contributed by atoms with E-state index in [4.69, 9.17) is 4.99 Å². The van der Waals surface area contributed by atoms with Crippen LogP contribution in [0.1, 0.15) is 30.9 Å². The van der Waals surface area contributed by atoms with Gasteiger partial charge in [-0.2, -0.15) is 0 Å². The molecule has 1 unspecified atom stereocenters. The van der Waals surface area contributed by atoms with Crippen LogP contribution in [-0.4, -0.2) is 45.1 Å². The van der Waals surface area contributed by atoms with Gasteiger partial charge >= 0.3 is 0 Å². The number of nitrogens with one attached hydrogen (secondary N) is 3. The zero-order valence-electron chi connectivity index (χ0n) is 15.1. The number of hydrogen-bond acceptors (Lipinski definition) is 3. The van der Waals surface area contributed by atoms with Crippen molar-refractivity contribution in [3.63, 3.8) is 0 Å². The fourth-order valence-electron chi connectivity index (χ4n) is 2.67. The molecule has 1 fully saturated rings. The predicted octanol–water partition coefficient (Wildman–Crippen LogP) is 1.39. The Balaban J connectivity index is 2.01. The van der Waals surface area contributed by atoms with E-state index < -0.39 is 0 Å². The van der Waals surface area contributed by atoms with Gasteiger partial charge in [-0.3, -0.25) is 4.79 Å². The Labute approximate surface area is 144 Å². The van der Waals surface area contributed by atoms with Gasteiger partial charge in [0.2, 0.25) is 5.91 Å². The Kier molecular flexibility index (Phi) is 6.46. The smallest absolute Gasteiger partial charge is 0.220 e. The van der Waals surface area contributed by atoms with Crippen LogP contribution in [0.2, 0.25) is 0 Å². The molecule has 132 valence electrons. The molecule has 0 spiro atoms. The van der Waals surface area contributed by atoms with Gasteiger partial charge in [0.1, 0.15) is 0 Å². The molecule has 0 aromatic heterocycles. The highest BCUT2D eigenvalue weighted by molar-refractivity contribution is 5.81. The highest BCUT2D eigenvalue weighted by Crippen LogP contribution is 2.18.